The molecule has 0 heterocycles. The SMILES string of the molecule is CCCC(C)CCCCCCCCC1CCCC1CC. The molecule has 0 saturated heterocycles. The molecule has 1 aliphatic carbocycles. The summed E-state index contributed by atoms with van der Waals surface area (Å²) >= 11 is 0. The van der Waals surface area contributed by atoms with Crippen molar-refractivity contribution in [2.75, 3.05) is 0 Å². The summed E-state index contributed by atoms with van der Waals surface area (Å²) in [6.07, 6.45) is 20.7. The van der Waals surface area contributed by atoms with Crippen LogP contribution < -0.4 is 0 Å². The lowest BCUT2D eigenvalue weighted by Gasteiger charge is -2.17. The van der Waals surface area contributed by atoms with Crippen LogP contribution in [0, 0.1) is 17.8 Å². The smallest absolute Gasteiger partial charge is 0.0386 e. The summed E-state index contributed by atoms with van der Waals surface area (Å²) in [7, 11) is 0. The fourth-order valence-corrected chi connectivity index (χ4v) is 4.27. The topological polar surface area (TPSA) is 0 Å². The van der Waals surface area contributed by atoms with E-state index in [1.54, 1.807) is 0 Å². The Hall–Kier alpha value is 0. The Labute approximate surface area is 129 Å². The van der Waals surface area contributed by atoms with Gasteiger partial charge in [-0.05, 0) is 17.8 Å². The minimum absolute atomic E-state index is 0.966. The largest absolute Gasteiger partial charge is 0.0654 e. The molecule has 0 bridgehead atoms. The van der Waals surface area contributed by atoms with Crippen molar-refractivity contribution in [2.24, 2.45) is 17.8 Å². The van der Waals surface area contributed by atoms with E-state index < -0.39 is 0 Å². The maximum atomic E-state index is 2.43. The van der Waals surface area contributed by atoms with Crippen LogP contribution in [0.2, 0.25) is 0 Å². The summed E-state index contributed by atoms with van der Waals surface area (Å²) in [4.78, 5) is 0. The van der Waals surface area contributed by atoms with Crippen molar-refractivity contribution >= 4 is 0 Å². The van der Waals surface area contributed by atoms with Crippen molar-refractivity contribution in [3.8, 4) is 0 Å². The maximum Gasteiger partial charge on any atom is -0.0386 e. The van der Waals surface area contributed by atoms with Crippen LogP contribution in [-0.2, 0) is 0 Å². The first kappa shape index (κ1) is 18.1. The Morgan fingerprint density at radius 1 is 0.800 bits per heavy atom. The van der Waals surface area contributed by atoms with E-state index in [0.717, 1.165) is 17.8 Å². The molecule has 0 N–H and O–H groups in total. The molecule has 0 radical (unpaired) electrons. The Bertz CT molecular complexity index is 208. The minimum atomic E-state index is 0.966. The van der Waals surface area contributed by atoms with Gasteiger partial charge in [0, 0.05) is 0 Å². The molecule has 0 amide bonds. The first-order chi connectivity index (χ1) is 9.77. The highest BCUT2D eigenvalue weighted by Gasteiger charge is 2.24. The minimum Gasteiger partial charge on any atom is -0.0654 e. The molecule has 0 aliphatic heterocycles. The molecule has 0 aromatic rings. The maximum absolute atomic E-state index is 2.43. The van der Waals surface area contributed by atoms with Crippen LogP contribution in [0.5, 0.6) is 0 Å². The molecule has 3 atom stereocenters. The van der Waals surface area contributed by atoms with E-state index >= 15 is 0 Å². The van der Waals surface area contributed by atoms with Crippen molar-refractivity contribution in [1.29, 1.82) is 0 Å². The Balaban J connectivity index is 1.85. The summed E-state index contributed by atoms with van der Waals surface area (Å²) in [5.74, 6) is 3.14. The van der Waals surface area contributed by atoms with Gasteiger partial charge in [-0.3, -0.25) is 0 Å². The fraction of sp³-hybridized carbons (Fsp3) is 1.00. The van der Waals surface area contributed by atoms with E-state index in [1.165, 1.54) is 89.9 Å². The lowest BCUT2D eigenvalue weighted by atomic mass is 9.89. The molecule has 1 aliphatic rings. The molecule has 3 unspecified atom stereocenters. The number of hydrogen-bond donors (Lipinski definition) is 0. The van der Waals surface area contributed by atoms with Crippen LogP contribution in [0.4, 0.5) is 0 Å². The van der Waals surface area contributed by atoms with Gasteiger partial charge in [-0.25, -0.2) is 0 Å². The average molecular weight is 281 g/mol. The predicted molar refractivity (Wildman–Crippen MR) is 92.1 cm³/mol. The molecule has 0 spiro atoms. The molecule has 0 nitrogen and oxygen atoms in total. The zero-order chi connectivity index (χ0) is 14.6. The Morgan fingerprint density at radius 3 is 2.15 bits per heavy atom. The molecular weight excluding hydrogens is 240 g/mol. The summed E-state index contributed by atoms with van der Waals surface area (Å²) in [6.45, 7) is 7.13. The van der Waals surface area contributed by atoms with Gasteiger partial charge in [0.1, 0.15) is 0 Å². The van der Waals surface area contributed by atoms with Gasteiger partial charge in [0.2, 0.25) is 0 Å². The van der Waals surface area contributed by atoms with Crippen LogP contribution in [0.15, 0.2) is 0 Å². The lowest BCUT2D eigenvalue weighted by molar-refractivity contribution is 0.341. The summed E-state index contributed by atoms with van der Waals surface area (Å²) in [5, 5.41) is 0. The highest BCUT2D eigenvalue weighted by Crippen LogP contribution is 2.37. The van der Waals surface area contributed by atoms with Gasteiger partial charge >= 0.3 is 0 Å². The van der Waals surface area contributed by atoms with Crippen molar-refractivity contribution in [2.45, 2.75) is 111 Å². The average Bonchev–Trinajstić information content (AvgIpc) is 2.89. The Morgan fingerprint density at radius 2 is 1.45 bits per heavy atom. The molecule has 120 valence electrons. The normalized spacial score (nSPS) is 24.1. The van der Waals surface area contributed by atoms with E-state index in [-0.39, 0.29) is 0 Å². The standard InChI is InChI=1S/C20H40/c1-4-13-18(3)14-10-8-6-7-9-11-15-20-17-12-16-19(20)5-2/h18-20H,4-17H2,1-3H3. The van der Waals surface area contributed by atoms with Crippen molar-refractivity contribution < 1.29 is 0 Å². The number of hydrogen-bond acceptors (Lipinski definition) is 0. The second-order valence-corrected chi connectivity index (χ2v) is 7.45. The molecule has 1 saturated carbocycles. The third kappa shape index (κ3) is 7.70. The highest BCUT2D eigenvalue weighted by molar-refractivity contribution is 4.76. The van der Waals surface area contributed by atoms with Crippen LogP contribution in [-0.4, -0.2) is 0 Å². The van der Waals surface area contributed by atoms with Crippen LogP contribution >= 0.6 is 0 Å². The van der Waals surface area contributed by atoms with Crippen LogP contribution in [0.3, 0.4) is 0 Å². The van der Waals surface area contributed by atoms with Gasteiger partial charge in [-0.2, -0.15) is 0 Å². The van der Waals surface area contributed by atoms with Crippen molar-refractivity contribution in [3.05, 3.63) is 0 Å². The number of rotatable bonds is 12. The van der Waals surface area contributed by atoms with Gasteiger partial charge in [0.05, 0.1) is 0 Å². The first-order valence-corrected chi connectivity index (χ1v) is 9.77. The molecule has 1 rings (SSSR count). The van der Waals surface area contributed by atoms with E-state index in [0.29, 0.717) is 0 Å². The van der Waals surface area contributed by atoms with E-state index in [2.05, 4.69) is 20.8 Å². The van der Waals surface area contributed by atoms with Crippen molar-refractivity contribution in [1.82, 2.24) is 0 Å². The van der Waals surface area contributed by atoms with E-state index in [1.807, 2.05) is 0 Å². The third-order valence-electron chi connectivity index (χ3n) is 5.64. The quantitative estimate of drug-likeness (QED) is 0.327. The number of unbranched alkanes of at least 4 members (excludes halogenated alkanes) is 5. The van der Waals surface area contributed by atoms with Gasteiger partial charge in [0.15, 0.2) is 0 Å². The molecular formula is C20H40. The van der Waals surface area contributed by atoms with Gasteiger partial charge in [0.25, 0.3) is 0 Å². The van der Waals surface area contributed by atoms with Gasteiger partial charge in [-0.15, -0.1) is 0 Å². The van der Waals surface area contributed by atoms with E-state index in [9.17, 15) is 0 Å². The van der Waals surface area contributed by atoms with E-state index in [4.69, 9.17) is 0 Å². The monoisotopic (exact) mass is 280 g/mol. The van der Waals surface area contributed by atoms with Crippen LogP contribution in [0.1, 0.15) is 111 Å². The zero-order valence-corrected chi connectivity index (χ0v) is 14.6. The molecule has 0 aromatic carbocycles. The zero-order valence-electron chi connectivity index (χ0n) is 14.6. The Kier molecular flexibility index (Phi) is 10.5. The summed E-state index contributed by atoms with van der Waals surface area (Å²) in [6, 6.07) is 0. The molecule has 1 fully saturated rings. The second-order valence-electron chi connectivity index (χ2n) is 7.45. The highest BCUT2D eigenvalue weighted by atomic mass is 14.3. The lowest BCUT2D eigenvalue weighted by Crippen LogP contribution is -2.06. The molecule has 20 heavy (non-hydrogen) atoms. The fourth-order valence-electron chi connectivity index (χ4n) is 4.27. The second kappa shape index (κ2) is 11.6. The summed E-state index contributed by atoms with van der Waals surface area (Å²) < 4.78 is 0. The van der Waals surface area contributed by atoms with Crippen molar-refractivity contribution in [3.63, 3.8) is 0 Å². The van der Waals surface area contributed by atoms with Crippen LogP contribution in [0.25, 0.3) is 0 Å². The molecule has 0 heteroatoms. The predicted octanol–water partition coefficient (Wildman–Crippen LogP) is 7.37. The molecule has 0 aromatic heterocycles. The first-order valence-electron chi connectivity index (χ1n) is 9.77. The summed E-state index contributed by atoms with van der Waals surface area (Å²) in [5.41, 5.74) is 0. The van der Waals surface area contributed by atoms with Gasteiger partial charge < -0.3 is 0 Å². The van der Waals surface area contributed by atoms with Gasteiger partial charge in [-0.1, -0.05) is 111 Å². The third-order valence-corrected chi connectivity index (χ3v) is 5.64.